The number of hydrogen-bond donors (Lipinski definition) is 0. The Balaban J connectivity index is 1.37. The summed E-state index contributed by atoms with van der Waals surface area (Å²) < 4.78 is 5.46. The first-order chi connectivity index (χ1) is 15.6. The van der Waals surface area contributed by atoms with Crippen molar-refractivity contribution < 1.29 is 9.53 Å². The van der Waals surface area contributed by atoms with E-state index in [1.165, 1.54) is 16.7 Å². The van der Waals surface area contributed by atoms with Crippen molar-refractivity contribution in [1.29, 1.82) is 0 Å². The van der Waals surface area contributed by atoms with Crippen LogP contribution in [0, 0.1) is 0 Å². The van der Waals surface area contributed by atoms with Crippen LogP contribution in [-0.2, 0) is 11.3 Å². The molecule has 2 saturated heterocycles. The van der Waals surface area contributed by atoms with Crippen molar-refractivity contribution in [3.63, 3.8) is 0 Å². The number of likely N-dealkylation sites (tertiary alicyclic amines) is 1. The molecule has 0 radical (unpaired) electrons. The van der Waals surface area contributed by atoms with Crippen LogP contribution in [-0.4, -0.2) is 60.1 Å². The van der Waals surface area contributed by atoms with E-state index < -0.39 is 0 Å². The molecule has 168 valence electrons. The van der Waals surface area contributed by atoms with Crippen LogP contribution in [0.2, 0.25) is 0 Å². The highest BCUT2D eigenvalue weighted by Crippen LogP contribution is 2.40. The second kappa shape index (κ2) is 9.30. The molecule has 2 aliphatic heterocycles. The Bertz CT molecular complexity index is 1090. The average molecular weight is 450 g/mol. The predicted octanol–water partition coefficient (Wildman–Crippen LogP) is 4.88. The molecule has 1 amide bonds. The standard InChI is InChI=1S/C26H31N3O2S/c1-18(2)20-7-5-19(6-8-20)16-28-11-9-21(17-28)23-22-4-3-10-27-25(22)32-24(23)26(30)29-12-14-31-15-13-29/h3-8,10,18,21H,9,11-17H2,1-2H3. The molecule has 0 aliphatic carbocycles. The smallest absolute Gasteiger partial charge is 0.264 e. The molecule has 0 N–H and O–H groups in total. The van der Waals surface area contributed by atoms with Crippen molar-refractivity contribution >= 4 is 27.5 Å². The number of hydrogen-bond acceptors (Lipinski definition) is 5. The van der Waals surface area contributed by atoms with Gasteiger partial charge in [-0.15, -0.1) is 11.3 Å². The lowest BCUT2D eigenvalue weighted by molar-refractivity contribution is 0.0305. The molecule has 1 unspecified atom stereocenters. The number of morpholine rings is 1. The van der Waals surface area contributed by atoms with Crippen molar-refractivity contribution in [2.45, 2.75) is 38.6 Å². The number of nitrogens with zero attached hydrogens (tertiary/aromatic N) is 3. The molecule has 4 heterocycles. The first kappa shape index (κ1) is 21.6. The molecular formula is C26H31N3O2S. The minimum atomic E-state index is 0.147. The zero-order chi connectivity index (χ0) is 22.1. The minimum absolute atomic E-state index is 0.147. The van der Waals surface area contributed by atoms with Crippen LogP contribution in [0.1, 0.15) is 58.5 Å². The molecular weight excluding hydrogens is 418 g/mol. The largest absolute Gasteiger partial charge is 0.378 e. The SMILES string of the molecule is CC(C)c1ccc(CN2CCC(c3c(C(=O)N4CCOCC4)sc4ncccc34)C2)cc1. The third-order valence-corrected chi connectivity index (χ3v) is 7.85. The van der Waals surface area contributed by atoms with Gasteiger partial charge in [0.05, 0.1) is 18.1 Å². The predicted molar refractivity (Wildman–Crippen MR) is 130 cm³/mol. The summed E-state index contributed by atoms with van der Waals surface area (Å²) in [5, 5.41) is 1.15. The lowest BCUT2D eigenvalue weighted by Crippen LogP contribution is -2.40. The second-order valence-electron chi connectivity index (χ2n) is 9.22. The molecule has 1 aromatic carbocycles. The van der Waals surface area contributed by atoms with Crippen molar-refractivity contribution in [3.05, 3.63) is 64.2 Å². The first-order valence-corrected chi connectivity index (χ1v) is 12.5. The molecule has 0 saturated carbocycles. The number of carbonyl (C=O) groups excluding carboxylic acids is 1. The van der Waals surface area contributed by atoms with Crippen LogP contribution in [0.5, 0.6) is 0 Å². The monoisotopic (exact) mass is 449 g/mol. The average Bonchev–Trinajstić information content (AvgIpc) is 3.43. The van der Waals surface area contributed by atoms with Crippen LogP contribution in [0.25, 0.3) is 10.2 Å². The Morgan fingerprint density at radius 3 is 2.69 bits per heavy atom. The number of aromatic nitrogens is 1. The summed E-state index contributed by atoms with van der Waals surface area (Å²) in [5.41, 5.74) is 3.96. The van der Waals surface area contributed by atoms with Gasteiger partial charge in [0, 0.05) is 43.7 Å². The summed E-state index contributed by atoms with van der Waals surface area (Å²) in [6.45, 7) is 10.0. The first-order valence-electron chi connectivity index (χ1n) is 11.7. The van der Waals surface area contributed by atoms with Crippen LogP contribution in [0.15, 0.2) is 42.6 Å². The van der Waals surface area contributed by atoms with Crippen LogP contribution < -0.4 is 0 Å². The van der Waals surface area contributed by atoms with Crippen molar-refractivity contribution in [2.75, 3.05) is 39.4 Å². The third-order valence-electron chi connectivity index (χ3n) is 6.73. The number of ether oxygens (including phenoxy) is 1. The van der Waals surface area contributed by atoms with Crippen LogP contribution in [0.3, 0.4) is 0 Å². The van der Waals surface area contributed by atoms with Gasteiger partial charge >= 0.3 is 0 Å². The minimum Gasteiger partial charge on any atom is -0.378 e. The number of pyridine rings is 1. The number of rotatable bonds is 5. The summed E-state index contributed by atoms with van der Waals surface area (Å²) in [6, 6.07) is 13.2. The van der Waals surface area contributed by atoms with Crippen molar-refractivity contribution in [1.82, 2.24) is 14.8 Å². The number of fused-ring (bicyclic) bond motifs is 1. The van der Waals surface area contributed by atoms with Crippen molar-refractivity contribution in [2.24, 2.45) is 0 Å². The van der Waals surface area contributed by atoms with E-state index in [0.717, 1.165) is 41.1 Å². The number of carbonyl (C=O) groups is 1. The molecule has 6 heteroatoms. The zero-order valence-corrected chi connectivity index (χ0v) is 19.7. The van der Waals surface area contributed by atoms with Gasteiger partial charge in [0.2, 0.25) is 0 Å². The fourth-order valence-corrected chi connectivity index (χ4v) is 6.10. The Kier molecular flexibility index (Phi) is 6.26. The van der Waals surface area contributed by atoms with Gasteiger partial charge in [-0.25, -0.2) is 4.98 Å². The van der Waals surface area contributed by atoms with Gasteiger partial charge in [-0.2, -0.15) is 0 Å². The van der Waals surface area contributed by atoms with E-state index in [9.17, 15) is 4.79 Å². The Labute approximate surface area is 194 Å². The molecule has 5 nitrogen and oxygen atoms in total. The summed E-state index contributed by atoms with van der Waals surface area (Å²) >= 11 is 1.56. The van der Waals surface area contributed by atoms with Gasteiger partial charge in [0.15, 0.2) is 0 Å². The van der Waals surface area contributed by atoms with E-state index in [4.69, 9.17) is 4.74 Å². The molecule has 1 atom stereocenters. The van der Waals surface area contributed by atoms with Crippen LogP contribution >= 0.6 is 11.3 Å². The molecule has 2 fully saturated rings. The number of thiophene rings is 1. The highest BCUT2D eigenvalue weighted by Gasteiger charge is 2.32. The van der Waals surface area contributed by atoms with Gasteiger partial charge in [-0.1, -0.05) is 44.2 Å². The molecule has 0 bridgehead atoms. The highest BCUT2D eigenvalue weighted by atomic mass is 32.1. The van der Waals surface area contributed by atoms with E-state index in [0.29, 0.717) is 38.1 Å². The topological polar surface area (TPSA) is 45.7 Å². The molecule has 3 aromatic rings. The van der Waals surface area contributed by atoms with E-state index in [-0.39, 0.29) is 5.91 Å². The third kappa shape index (κ3) is 4.32. The zero-order valence-electron chi connectivity index (χ0n) is 18.9. The van der Waals surface area contributed by atoms with E-state index in [1.54, 1.807) is 11.3 Å². The van der Waals surface area contributed by atoms with E-state index >= 15 is 0 Å². The van der Waals surface area contributed by atoms with Gasteiger partial charge < -0.3 is 9.64 Å². The Hall–Kier alpha value is -2.28. The summed E-state index contributed by atoms with van der Waals surface area (Å²) in [7, 11) is 0. The van der Waals surface area contributed by atoms with Gasteiger partial charge in [-0.05, 0) is 41.6 Å². The molecule has 32 heavy (non-hydrogen) atoms. The van der Waals surface area contributed by atoms with Gasteiger partial charge in [-0.3, -0.25) is 9.69 Å². The Morgan fingerprint density at radius 2 is 1.94 bits per heavy atom. The maximum atomic E-state index is 13.4. The quantitative estimate of drug-likeness (QED) is 0.557. The summed E-state index contributed by atoms with van der Waals surface area (Å²) in [4.78, 5) is 24.4. The second-order valence-corrected chi connectivity index (χ2v) is 10.2. The highest BCUT2D eigenvalue weighted by molar-refractivity contribution is 7.20. The maximum Gasteiger partial charge on any atom is 0.264 e. The van der Waals surface area contributed by atoms with E-state index in [1.807, 2.05) is 17.2 Å². The van der Waals surface area contributed by atoms with Crippen LogP contribution in [0.4, 0.5) is 0 Å². The number of amides is 1. The fourth-order valence-electron chi connectivity index (χ4n) is 4.90. The molecule has 0 spiro atoms. The normalized spacial score (nSPS) is 19.8. The molecule has 2 aromatic heterocycles. The van der Waals surface area contributed by atoms with Gasteiger partial charge in [0.1, 0.15) is 4.83 Å². The fraction of sp³-hybridized carbons (Fsp3) is 0.462. The maximum absolute atomic E-state index is 13.4. The number of benzene rings is 1. The Morgan fingerprint density at radius 1 is 1.16 bits per heavy atom. The van der Waals surface area contributed by atoms with Crippen molar-refractivity contribution in [3.8, 4) is 0 Å². The van der Waals surface area contributed by atoms with Gasteiger partial charge in [0.25, 0.3) is 5.91 Å². The lowest BCUT2D eigenvalue weighted by Gasteiger charge is -2.27. The molecule has 5 rings (SSSR count). The summed E-state index contributed by atoms with van der Waals surface area (Å²) in [6.07, 6.45) is 2.90. The van der Waals surface area contributed by atoms with E-state index in [2.05, 4.69) is 54.1 Å². The lowest BCUT2D eigenvalue weighted by atomic mass is 9.95. The molecule has 2 aliphatic rings. The summed E-state index contributed by atoms with van der Waals surface area (Å²) in [5.74, 6) is 1.07.